The Bertz CT molecular complexity index is 420. The number of rotatable bonds is 3. The van der Waals surface area contributed by atoms with E-state index >= 15 is 0 Å². The van der Waals surface area contributed by atoms with Crippen molar-refractivity contribution in [3.8, 4) is 0 Å². The number of nitrogens with zero attached hydrogens (tertiary/aromatic N) is 2. The minimum atomic E-state index is -0.138. The first-order chi connectivity index (χ1) is 8.72. The minimum absolute atomic E-state index is 0.138. The lowest BCUT2D eigenvalue weighted by Crippen LogP contribution is -2.42. The third-order valence-electron chi connectivity index (χ3n) is 3.51. The molecule has 4 heteroatoms. The molecule has 0 saturated carbocycles. The van der Waals surface area contributed by atoms with E-state index < -0.39 is 0 Å². The Kier molecular flexibility index (Phi) is 4.18. The smallest absolute Gasteiger partial charge is 0.307 e. The van der Waals surface area contributed by atoms with Crippen molar-refractivity contribution in [3.05, 3.63) is 23.9 Å². The summed E-state index contributed by atoms with van der Waals surface area (Å²) in [6, 6.07) is 4.23. The number of hydrogen-bond acceptors (Lipinski definition) is 4. The molecule has 1 aromatic rings. The highest BCUT2D eigenvalue weighted by atomic mass is 16.5. The van der Waals surface area contributed by atoms with Gasteiger partial charge in [0.25, 0.3) is 0 Å². The molecule has 2 rings (SSSR count). The van der Waals surface area contributed by atoms with Gasteiger partial charge in [0, 0.05) is 18.8 Å². The Labute approximate surface area is 108 Å². The zero-order chi connectivity index (χ0) is 13.0. The summed E-state index contributed by atoms with van der Waals surface area (Å²) in [5.74, 6) is 0.867. The van der Waals surface area contributed by atoms with Crippen molar-refractivity contribution in [1.29, 1.82) is 0 Å². The van der Waals surface area contributed by atoms with Crippen molar-refractivity contribution in [2.75, 3.05) is 18.6 Å². The number of hydrogen-bond donors (Lipinski definition) is 0. The molecule has 0 spiro atoms. The summed E-state index contributed by atoms with van der Waals surface area (Å²) in [4.78, 5) is 18.2. The van der Waals surface area contributed by atoms with Crippen LogP contribution in [0.1, 0.15) is 31.2 Å². The van der Waals surface area contributed by atoms with Gasteiger partial charge < -0.3 is 9.64 Å². The third kappa shape index (κ3) is 2.81. The lowest BCUT2D eigenvalue weighted by Gasteiger charge is -2.36. The molecule has 0 aromatic carbocycles. The van der Waals surface area contributed by atoms with Crippen LogP contribution in [0.3, 0.4) is 0 Å². The van der Waals surface area contributed by atoms with Gasteiger partial charge in [-0.15, -0.1) is 0 Å². The minimum Gasteiger partial charge on any atom is -0.469 e. The van der Waals surface area contributed by atoms with Crippen LogP contribution in [-0.4, -0.2) is 30.6 Å². The van der Waals surface area contributed by atoms with Crippen LogP contribution in [0.4, 0.5) is 5.82 Å². The Morgan fingerprint density at radius 1 is 1.56 bits per heavy atom. The normalized spacial score (nSPS) is 19.7. The van der Waals surface area contributed by atoms with E-state index in [2.05, 4.69) is 22.9 Å². The second kappa shape index (κ2) is 5.85. The average molecular weight is 248 g/mol. The van der Waals surface area contributed by atoms with Gasteiger partial charge in [-0.1, -0.05) is 6.07 Å². The number of pyridine rings is 1. The van der Waals surface area contributed by atoms with Crippen LogP contribution >= 0.6 is 0 Å². The second-order valence-electron chi connectivity index (χ2n) is 4.77. The highest BCUT2D eigenvalue weighted by molar-refractivity contribution is 5.70. The Morgan fingerprint density at radius 3 is 3.11 bits per heavy atom. The molecule has 0 N–H and O–H groups in total. The quantitative estimate of drug-likeness (QED) is 0.770. The third-order valence-corrected chi connectivity index (χ3v) is 3.51. The number of esters is 1. The first-order valence-corrected chi connectivity index (χ1v) is 6.47. The lowest BCUT2D eigenvalue weighted by molar-refractivity contribution is -0.141. The number of anilines is 1. The van der Waals surface area contributed by atoms with E-state index in [0.717, 1.165) is 30.8 Å². The molecular weight excluding hydrogens is 228 g/mol. The van der Waals surface area contributed by atoms with Crippen LogP contribution in [-0.2, 0) is 9.53 Å². The van der Waals surface area contributed by atoms with Crippen LogP contribution in [0, 0.1) is 6.92 Å². The molecule has 1 fully saturated rings. The van der Waals surface area contributed by atoms with Crippen molar-refractivity contribution in [2.24, 2.45) is 0 Å². The van der Waals surface area contributed by atoms with Crippen molar-refractivity contribution >= 4 is 11.8 Å². The largest absolute Gasteiger partial charge is 0.469 e. The number of aromatic nitrogens is 1. The Hall–Kier alpha value is -1.58. The molecule has 1 saturated heterocycles. The predicted molar refractivity (Wildman–Crippen MR) is 70.6 cm³/mol. The topological polar surface area (TPSA) is 42.4 Å². The van der Waals surface area contributed by atoms with E-state index in [1.54, 1.807) is 0 Å². The Morgan fingerprint density at radius 2 is 2.39 bits per heavy atom. The van der Waals surface area contributed by atoms with Crippen LogP contribution < -0.4 is 4.90 Å². The summed E-state index contributed by atoms with van der Waals surface area (Å²) in [6.45, 7) is 3.03. The fourth-order valence-electron chi connectivity index (χ4n) is 2.55. The van der Waals surface area contributed by atoms with Crippen LogP contribution in [0.2, 0.25) is 0 Å². The van der Waals surface area contributed by atoms with Crippen LogP contribution in [0.25, 0.3) is 0 Å². The number of methoxy groups -OCH3 is 1. The van der Waals surface area contributed by atoms with Gasteiger partial charge in [0.2, 0.25) is 0 Å². The standard InChI is InChI=1S/C14H20N2O2/c1-11-6-5-8-15-14(11)16-9-4-3-7-12(16)10-13(17)18-2/h5-6,8,12H,3-4,7,9-10H2,1-2H3. The number of piperidine rings is 1. The first-order valence-electron chi connectivity index (χ1n) is 6.47. The van der Waals surface area contributed by atoms with Gasteiger partial charge in [0.15, 0.2) is 0 Å². The predicted octanol–water partition coefficient (Wildman–Crippen LogP) is 2.31. The maximum absolute atomic E-state index is 11.5. The molecule has 0 aliphatic carbocycles. The molecule has 0 bridgehead atoms. The van der Waals surface area contributed by atoms with E-state index in [1.807, 2.05) is 12.3 Å². The molecule has 1 aromatic heterocycles. The highest BCUT2D eigenvalue weighted by Crippen LogP contribution is 2.27. The number of carbonyl (C=O) groups is 1. The fourth-order valence-corrected chi connectivity index (χ4v) is 2.55. The van der Waals surface area contributed by atoms with Crippen LogP contribution in [0.15, 0.2) is 18.3 Å². The molecule has 0 amide bonds. The van der Waals surface area contributed by atoms with E-state index in [1.165, 1.54) is 13.5 Å². The van der Waals surface area contributed by atoms with Gasteiger partial charge in [0.1, 0.15) is 5.82 Å². The fraction of sp³-hybridized carbons (Fsp3) is 0.571. The van der Waals surface area contributed by atoms with E-state index in [0.29, 0.717) is 6.42 Å². The van der Waals surface area contributed by atoms with Crippen LogP contribution in [0.5, 0.6) is 0 Å². The second-order valence-corrected chi connectivity index (χ2v) is 4.77. The molecule has 1 aliphatic rings. The van der Waals surface area contributed by atoms with E-state index in [-0.39, 0.29) is 12.0 Å². The number of ether oxygens (including phenoxy) is 1. The van der Waals surface area contributed by atoms with Crippen molar-refractivity contribution in [2.45, 2.75) is 38.6 Å². The molecule has 98 valence electrons. The summed E-state index contributed by atoms with van der Waals surface area (Å²) in [5, 5.41) is 0. The maximum atomic E-state index is 11.5. The molecule has 2 heterocycles. The monoisotopic (exact) mass is 248 g/mol. The summed E-state index contributed by atoms with van der Waals surface area (Å²) in [7, 11) is 1.45. The van der Waals surface area contributed by atoms with Gasteiger partial charge in [-0.05, 0) is 37.8 Å². The van der Waals surface area contributed by atoms with Gasteiger partial charge in [0.05, 0.1) is 13.5 Å². The van der Waals surface area contributed by atoms with Crippen molar-refractivity contribution < 1.29 is 9.53 Å². The Balaban J connectivity index is 2.17. The first kappa shape index (κ1) is 12.9. The van der Waals surface area contributed by atoms with Gasteiger partial charge >= 0.3 is 5.97 Å². The zero-order valence-electron chi connectivity index (χ0n) is 11.1. The molecule has 4 nitrogen and oxygen atoms in total. The molecular formula is C14H20N2O2. The summed E-state index contributed by atoms with van der Waals surface area (Å²) in [5.41, 5.74) is 1.16. The van der Waals surface area contributed by atoms with E-state index in [9.17, 15) is 4.79 Å². The molecule has 0 radical (unpaired) electrons. The lowest BCUT2D eigenvalue weighted by atomic mass is 9.99. The molecule has 1 aliphatic heterocycles. The highest BCUT2D eigenvalue weighted by Gasteiger charge is 2.26. The summed E-state index contributed by atoms with van der Waals surface area (Å²) >= 11 is 0. The summed E-state index contributed by atoms with van der Waals surface area (Å²) < 4.78 is 4.78. The van der Waals surface area contributed by atoms with Gasteiger partial charge in [-0.25, -0.2) is 4.98 Å². The zero-order valence-corrected chi connectivity index (χ0v) is 11.1. The van der Waals surface area contributed by atoms with Gasteiger partial charge in [-0.3, -0.25) is 4.79 Å². The van der Waals surface area contributed by atoms with Crippen molar-refractivity contribution in [1.82, 2.24) is 4.98 Å². The summed E-state index contributed by atoms with van der Waals surface area (Å²) in [6.07, 6.45) is 5.63. The number of aryl methyl sites for hydroxylation is 1. The molecule has 1 unspecified atom stereocenters. The molecule has 18 heavy (non-hydrogen) atoms. The van der Waals surface area contributed by atoms with Gasteiger partial charge in [-0.2, -0.15) is 0 Å². The van der Waals surface area contributed by atoms with Crippen molar-refractivity contribution in [3.63, 3.8) is 0 Å². The maximum Gasteiger partial charge on any atom is 0.307 e. The SMILES string of the molecule is COC(=O)CC1CCCCN1c1ncccc1C. The average Bonchev–Trinajstić information content (AvgIpc) is 2.40. The molecule has 1 atom stereocenters. The number of carbonyl (C=O) groups excluding carboxylic acids is 1. The van der Waals surface area contributed by atoms with E-state index in [4.69, 9.17) is 4.74 Å².